The van der Waals surface area contributed by atoms with Gasteiger partial charge >= 0.3 is 0 Å². The molecule has 1 aliphatic rings. The van der Waals surface area contributed by atoms with Crippen molar-refractivity contribution in [2.45, 2.75) is 18.9 Å². The summed E-state index contributed by atoms with van der Waals surface area (Å²) in [6.07, 6.45) is 4.99. The van der Waals surface area contributed by atoms with Crippen LogP contribution in [0.15, 0.2) is 17.5 Å². The predicted octanol–water partition coefficient (Wildman–Crippen LogP) is 3.15. The average Bonchev–Trinajstić information content (AvgIpc) is 2.88. The van der Waals surface area contributed by atoms with Gasteiger partial charge in [0.15, 0.2) is 0 Å². The molecule has 0 aliphatic heterocycles. The lowest BCUT2D eigenvalue weighted by Crippen LogP contribution is -2.24. The number of thiophene rings is 1. The molecule has 1 aromatic heterocycles. The van der Waals surface area contributed by atoms with Crippen LogP contribution >= 0.6 is 23.1 Å². The van der Waals surface area contributed by atoms with E-state index in [0.29, 0.717) is 6.04 Å². The first-order valence-electron chi connectivity index (χ1n) is 5.17. The molecule has 78 valence electrons. The minimum absolute atomic E-state index is 0.641. The van der Waals surface area contributed by atoms with Gasteiger partial charge in [0.1, 0.15) is 0 Å². The van der Waals surface area contributed by atoms with Crippen molar-refractivity contribution < 1.29 is 0 Å². The summed E-state index contributed by atoms with van der Waals surface area (Å²) in [5.74, 6) is 2.13. The Labute approximate surface area is 94.3 Å². The minimum Gasteiger partial charge on any atom is -0.308 e. The van der Waals surface area contributed by atoms with Crippen LogP contribution in [0.4, 0.5) is 0 Å². The third-order valence-corrected chi connectivity index (χ3v) is 4.18. The predicted molar refractivity (Wildman–Crippen MR) is 66.2 cm³/mol. The van der Waals surface area contributed by atoms with Crippen LogP contribution in [-0.4, -0.2) is 18.6 Å². The Kier molecular flexibility index (Phi) is 3.90. The first-order valence-corrected chi connectivity index (χ1v) is 7.45. The summed E-state index contributed by atoms with van der Waals surface area (Å²) < 4.78 is 0. The van der Waals surface area contributed by atoms with Crippen molar-refractivity contribution in [3.63, 3.8) is 0 Å². The lowest BCUT2D eigenvalue weighted by molar-refractivity contribution is 0.506. The maximum absolute atomic E-state index is 3.67. The Morgan fingerprint density at radius 1 is 1.64 bits per heavy atom. The number of hydrogen-bond donors (Lipinski definition) is 1. The van der Waals surface area contributed by atoms with Crippen molar-refractivity contribution in [1.29, 1.82) is 0 Å². The van der Waals surface area contributed by atoms with E-state index in [1.54, 1.807) is 0 Å². The summed E-state index contributed by atoms with van der Waals surface area (Å²) in [6.45, 7) is 1.14. The summed E-state index contributed by atoms with van der Waals surface area (Å²) in [5, 5.41) is 5.86. The molecule has 0 spiro atoms. The molecular formula is C11H17NS2. The van der Waals surface area contributed by atoms with Crippen LogP contribution in [0.25, 0.3) is 0 Å². The molecule has 2 rings (SSSR count). The molecule has 3 heteroatoms. The van der Waals surface area contributed by atoms with E-state index < -0.39 is 0 Å². The van der Waals surface area contributed by atoms with E-state index >= 15 is 0 Å². The lowest BCUT2D eigenvalue weighted by atomic mass is 10.1. The molecule has 0 aromatic carbocycles. The summed E-state index contributed by atoms with van der Waals surface area (Å²) in [5.41, 5.74) is 0. The smallest absolute Gasteiger partial charge is 0.0443 e. The van der Waals surface area contributed by atoms with E-state index in [0.717, 1.165) is 12.5 Å². The summed E-state index contributed by atoms with van der Waals surface area (Å²) >= 11 is 3.80. The number of hydrogen-bond acceptors (Lipinski definition) is 3. The molecule has 1 fully saturated rings. The molecule has 1 aliphatic carbocycles. The highest BCUT2D eigenvalue weighted by Gasteiger charge is 2.32. The zero-order valence-corrected chi connectivity index (χ0v) is 10.2. The van der Waals surface area contributed by atoms with Gasteiger partial charge in [-0.3, -0.25) is 0 Å². The molecule has 1 N–H and O–H groups in total. The van der Waals surface area contributed by atoms with Crippen molar-refractivity contribution in [2.24, 2.45) is 5.92 Å². The van der Waals surface area contributed by atoms with Crippen LogP contribution in [0.5, 0.6) is 0 Å². The van der Waals surface area contributed by atoms with E-state index in [4.69, 9.17) is 0 Å². The Hall–Kier alpha value is 0.01000. The Morgan fingerprint density at radius 2 is 2.50 bits per heavy atom. The molecule has 1 saturated carbocycles. The highest BCUT2D eigenvalue weighted by Crippen LogP contribution is 2.42. The van der Waals surface area contributed by atoms with Crippen LogP contribution in [0.2, 0.25) is 0 Å². The van der Waals surface area contributed by atoms with Gasteiger partial charge in [-0.1, -0.05) is 6.07 Å². The fourth-order valence-electron chi connectivity index (χ4n) is 1.71. The largest absolute Gasteiger partial charge is 0.308 e. The van der Waals surface area contributed by atoms with Gasteiger partial charge in [-0.15, -0.1) is 11.3 Å². The van der Waals surface area contributed by atoms with Crippen molar-refractivity contribution >= 4 is 23.1 Å². The normalized spacial score (nSPS) is 18.4. The highest BCUT2D eigenvalue weighted by atomic mass is 32.2. The van der Waals surface area contributed by atoms with E-state index in [2.05, 4.69) is 29.1 Å². The Bertz CT molecular complexity index is 254. The van der Waals surface area contributed by atoms with Gasteiger partial charge in [-0.2, -0.15) is 11.8 Å². The fraction of sp³-hybridized carbons (Fsp3) is 0.636. The standard InChI is InChI=1S/C11H17NS2/c1-13-8-6-12-11(9-4-5-9)10-3-2-7-14-10/h2-3,7,9,11-12H,4-6,8H2,1H3. The zero-order valence-electron chi connectivity index (χ0n) is 8.53. The molecule has 1 nitrogen and oxygen atoms in total. The van der Waals surface area contributed by atoms with Crippen LogP contribution < -0.4 is 5.32 Å². The molecule has 0 radical (unpaired) electrons. The fourth-order valence-corrected chi connectivity index (χ4v) is 2.93. The maximum Gasteiger partial charge on any atom is 0.0443 e. The van der Waals surface area contributed by atoms with Crippen LogP contribution in [0.1, 0.15) is 23.8 Å². The first kappa shape index (κ1) is 10.5. The second-order valence-electron chi connectivity index (χ2n) is 3.78. The highest BCUT2D eigenvalue weighted by molar-refractivity contribution is 7.98. The van der Waals surface area contributed by atoms with Crippen LogP contribution in [-0.2, 0) is 0 Å². The molecule has 14 heavy (non-hydrogen) atoms. The summed E-state index contributed by atoms with van der Waals surface area (Å²) in [4.78, 5) is 1.52. The van der Waals surface area contributed by atoms with Crippen LogP contribution in [0.3, 0.4) is 0 Å². The minimum atomic E-state index is 0.641. The van der Waals surface area contributed by atoms with Gasteiger partial charge in [-0.05, 0) is 36.5 Å². The van der Waals surface area contributed by atoms with Crippen molar-refractivity contribution in [3.8, 4) is 0 Å². The van der Waals surface area contributed by atoms with Crippen molar-refractivity contribution in [1.82, 2.24) is 5.32 Å². The lowest BCUT2D eigenvalue weighted by Gasteiger charge is -2.16. The number of rotatable bonds is 6. The molecule has 1 aromatic rings. The van der Waals surface area contributed by atoms with E-state index in [-0.39, 0.29) is 0 Å². The maximum atomic E-state index is 3.67. The SMILES string of the molecule is CSCCNC(c1cccs1)C1CC1. The Morgan fingerprint density at radius 3 is 3.07 bits per heavy atom. The number of thioether (sulfide) groups is 1. The molecule has 1 unspecified atom stereocenters. The molecular weight excluding hydrogens is 210 g/mol. The van der Waals surface area contributed by atoms with Crippen molar-refractivity contribution in [2.75, 3.05) is 18.6 Å². The summed E-state index contributed by atoms with van der Waals surface area (Å²) in [7, 11) is 0. The quantitative estimate of drug-likeness (QED) is 0.749. The second kappa shape index (κ2) is 5.19. The summed E-state index contributed by atoms with van der Waals surface area (Å²) in [6, 6.07) is 5.06. The van der Waals surface area contributed by atoms with Gasteiger partial charge in [0.05, 0.1) is 0 Å². The third kappa shape index (κ3) is 2.75. The van der Waals surface area contributed by atoms with Gasteiger partial charge < -0.3 is 5.32 Å². The van der Waals surface area contributed by atoms with Gasteiger partial charge in [-0.25, -0.2) is 0 Å². The van der Waals surface area contributed by atoms with Crippen molar-refractivity contribution in [3.05, 3.63) is 22.4 Å². The molecule has 1 heterocycles. The van der Waals surface area contributed by atoms with Gasteiger partial charge in [0.25, 0.3) is 0 Å². The Balaban J connectivity index is 1.88. The third-order valence-electron chi connectivity index (χ3n) is 2.61. The topological polar surface area (TPSA) is 12.0 Å². The number of nitrogens with one attached hydrogen (secondary N) is 1. The zero-order chi connectivity index (χ0) is 9.80. The van der Waals surface area contributed by atoms with E-state index in [1.165, 1.54) is 23.5 Å². The van der Waals surface area contributed by atoms with E-state index in [1.807, 2.05) is 23.1 Å². The average molecular weight is 227 g/mol. The van der Waals surface area contributed by atoms with Gasteiger partial charge in [0.2, 0.25) is 0 Å². The van der Waals surface area contributed by atoms with Crippen LogP contribution in [0, 0.1) is 5.92 Å². The molecule has 1 atom stereocenters. The monoisotopic (exact) mass is 227 g/mol. The molecule has 0 saturated heterocycles. The molecule has 0 bridgehead atoms. The molecule has 0 amide bonds. The van der Waals surface area contributed by atoms with Gasteiger partial charge in [0, 0.05) is 23.2 Å². The first-order chi connectivity index (χ1) is 6.92. The second-order valence-corrected chi connectivity index (χ2v) is 5.74. The van der Waals surface area contributed by atoms with E-state index in [9.17, 15) is 0 Å².